The largest absolute Gasteiger partial charge is 0.496 e. The minimum absolute atomic E-state index is 0.0516. The van der Waals surface area contributed by atoms with E-state index in [9.17, 15) is 4.79 Å². The van der Waals surface area contributed by atoms with Gasteiger partial charge in [0.1, 0.15) is 11.5 Å². The number of likely N-dealkylation sites (N-methyl/N-ethyl adjacent to an activating group) is 1. The number of hydrogen-bond acceptors (Lipinski definition) is 5. The summed E-state index contributed by atoms with van der Waals surface area (Å²) in [7, 11) is 3.87. The molecule has 2 atom stereocenters. The maximum Gasteiger partial charge on any atom is 0.344 e. The zero-order valence-corrected chi connectivity index (χ0v) is 16.6. The van der Waals surface area contributed by atoms with Crippen molar-refractivity contribution < 1.29 is 14.3 Å². The van der Waals surface area contributed by atoms with Crippen molar-refractivity contribution in [2.75, 3.05) is 20.7 Å². The number of pyridine rings is 1. The first-order chi connectivity index (χ1) is 13.5. The van der Waals surface area contributed by atoms with Gasteiger partial charge < -0.3 is 14.4 Å². The Hall–Kier alpha value is -2.66. The lowest BCUT2D eigenvalue weighted by atomic mass is 9.68. The van der Waals surface area contributed by atoms with Crippen LogP contribution in [0.25, 0.3) is 0 Å². The third kappa shape index (κ3) is 3.20. The molecule has 1 aliphatic carbocycles. The summed E-state index contributed by atoms with van der Waals surface area (Å²) in [5.41, 5.74) is 3.02. The average Bonchev–Trinajstić information content (AvgIpc) is 3.06. The van der Waals surface area contributed by atoms with Gasteiger partial charge in [-0.2, -0.15) is 0 Å². The molecule has 2 heterocycles. The number of likely N-dealkylation sites (tertiary alicyclic amines) is 1. The van der Waals surface area contributed by atoms with E-state index >= 15 is 0 Å². The Balaban J connectivity index is 1.60. The van der Waals surface area contributed by atoms with Crippen LogP contribution in [0.3, 0.4) is 0 Å². The number of allylic oxidation sites excluding steroid dienone is 1. The van der Waals surface area contributed by atoms with Gasteiger partial charge in [-0.25, -0.2) is 4.79 Å². The summed E-state index contributed by atoms with van der Waals surface area (Å²) >= 11 is 0. The molecule has 2 aliphatic rings. The number of aryl methyl sites for hydroxylation is 1. The Bertz CT molecular complexity index is 909. The molecule has 0 saturated carbocycles. The standard InChI is InChI=1S/C23H26N2O3/c1-16-13-18(6-7-20(16)27-3)23-9-8-19(14-21(23)25(2)12-10-23)28-22(26)17-5-4-11-24-15-17/h4-8,11,13,15,21H,9-10,12,14H2,1-3H3. The van der Waals surface area contributed by atoms with E-state index in [0.717, 1.165) is 42.9 Å². The zero-order chi connectivity index (χ0) is 19.7. The number of carbonyl (C=O) groups excluding carboxylic acids is 1. The van der Waals surface area contributed by atoms with E-state index < -0.39 is 0 Å². The van der Waals surface area contributed by atoms with Crippen molar-refractivity contribution in [3.05, 3.63) is 71.3 Å². The fraction of sp³-hybridized carbons (Fsp3) is 0.391. The number of aromatic nitrogens is 1. The first-order valence-corrected chi connectivity index (χ1v) is 9.70. The maximum atomic E-state index is 12.4. The summed E-state index contributed by atoms with van der Waals surface area (Å²) in [6.07, 6.45) is 7.98. The number of rotatable bonds is 4. The maximum absolute atomic E-state index is 12.4. The number of esters is 1. The molecule has 1 aromatic heterocycles. The lowest BCUT2D eigenvalue weighted by molar-refractivity contribution is 0.0579. The van der Waals surface area contributed by atoms with Crippen LogP contribution in [0, 0.1) is 6.92 Å². The number of fused-ring (bicyclic) bond motifs is 1. The molecule has 0 bridgehead atoms. The summed E-state index contributed by atoms with van der Waals surface area (Å²) in [4.78, 5) is 18.8. The van der Waals surface area contributed by atoms with E-state index in [2.05, 4.69) is 48.1 Å². The quantitative estimate of drug-likeness (QED) is 0.756. The minimum Gasteiger partial charge on any atom is -0.496 e. The Morgan fingerprint density at radius 2 is 2.18 bits per heavy atom. The van der Waals surface area contributed by atoms with Crippen molar-refractivity contribution in [1.82, 2.24) is 9.88 Å². The molecule has 1 saturated heterocycles. The Morgan fingerprint density at radius 3 is 2.89 bits per heavy atom. The first-order valence-electron chi connectivity index (χ1n) is 9.70. The van der Waals surface area contributed by atoms with Gasteiger partial charge >= 0.3 is 5.97 Å². The van der Waals surface area contributed by atoms with E-state index in [0.29, 0.717) is 11.6 Å². The molecule has 0 N–H and O–H groups in total. The third-order valence-electron chi connectivity index (χ3n) is 6.26. The van der Waals surface area contributed by atoms with Gasteiger partial charge in [0.05, 0.1) is 12.7 Å². The van der Waals surface area contributed by atoms with Gasteiger partial charge in [0.2, 0.25) is 0 Å². The van der Waals surface area contributed by atoms with E-state index in [4.69, 9.17) is 9.47 Å². The SMILES string of the molecule is COc1ccc(C23CC=C(OC(=O)c4cccnc4)CC2N(C)CC3)cc1C. The first kappa shape index (κ1) is 18.7. The van der Waals surface area contributed by atoms with Crippen LogP contribution >= 0.6 is 0 Å². The molecule has 2 unspecified atom stereocenters. The molecule has 1 aliphatic heterocycles. The molecule has 146 valence electrons. The van der Waals surface area contributed by atoms with Gasteiger partial charge in [-0.3, -0.25) is 4.98 Å². The van der Waals surface area contributed by atoms with E-state index in [1.807, 2.05) is 0 Å². The molecule has 0 spiro atoms. The number of benzene rings is 1. The van der Waals surface area contributed by atoms with Crippen molar-refractivity contribution in [3.8, 4) is 5.75 Å². The van der Waals surface area contributed by atoms with E-state index in [-0.39, 0.29) is 11.4 Å². The number of methoxy groups -OCH3 is 1. The summed E-state index contributed by atoms with van der Waals surface area (Å²) in [6, 6.07) is 10.3. The molecule has 5 heteroatoms. The second kappa shape index (κ2) is 7.40. The zero-order valence-electron chi connectivity index (χ0n) is 16.6. The van der Waals surface area contributed by atoms with Gasteiger partial charge in [-0.15, -0.1) is 0 Å². The molecular weight excluding hydrogens is 352 g/mol. The predicted molar refractivity (Wildman–Crippen MR) is 107 cm³/mol. The van der Waals surface area contributed by atoms with Crippen LogP contribution in [0.2, 0.25) is 0 Å². The molecule has 1 aromatic carbocycles. The normalized spacial score (nSPS) is 24.4. The Kier molecular flexibility index (Phi) is 4.94. The summed E-state index contributed by atoms with van der Waals surface area (Å²) in [6.45, 7) is 3.12. The van der Waals surface area contributed by atoms with Crippen molar-refractivity contribution in [2.45, 2.75) is 37.6 Å². The van der Waals surface area contributed by atoms with Crippen molar-refractivity contribution in [3.63, 3.8) is 0 Å². The molecular formula is C23H26N2O3. The molecule has 0 radical (unpaired) electrons. The fourth-order valence-corrected chi connectivity index (χ4v) is 4.67. The van der Waals surface area contributed by atoms with Gasteiger partial charge in [0.15, 0.2) is 0 Å². The molecule has 1 fully saturated rings. The van der Waals surface area contributed by atoms with Gasteiger partial charge in [-0.05, 0) is 68.8 Å². The summed E-state index contributed by atoms with van der Waals surface area (Å²) in [5, 5.41) is 0. The highest BCUT2D eigenvalue weighted by atomic mass is 16.5. The number of hydrogen-bond donors (Lipinski definition) is 0. The van der Waals surface area contributed by atoms with Crippen molar-refractivity contribution >= 4 is 5.97 Å². The van der Waals surface area contributed by atoms with E-state index in [1.165, 1.54) is 11.8 Å². The van der Waals surface area contributed by atoms with Crippen LogP contribution in [-0.2, 0) is 10.2 Å². The smallest absolute Gasteiger partial charge is 0.344 e. The Morgan fingerprint density at radius 1 is 1.32 bits per heavy atom. The highest BCUT2D eigenvalue weighted by molar-refractivity contribution is 5.89. The van der Waals surface area contributed by atoms with Crippen LogP contribution in [0.4, 0.5) is 0 Å². The number of nitrogens with zero attached hydrogens (tertiary/aromatic N) is 2. The van der Waals surface area contributed by atoms with Gasteiger partial charge in [-0.1, -0.05) is 12.1 Å². The number of carbonyl (C=O) groups is 1. The molecule has 5 nitrogen and oxygen atoms in total. The predicted octanol–water partition coefficient (Wildman–Crippen LogP) is 3.88. The van der Waals surface area contributed by atoms with Crippen LogP contribution < -0.4 is 4.74 Å². The Labute approximate surface area is 166 Å². The summed E-state index contributed by atoms with van der Waals surface area (Å²) in [5.74, 6) is 1.33. The second-order valence-electron chi connectivity index (χ2n) is 7.80. The fourth-order valence-electron chi connectivity index (χ4n) is 4.67. The van der Waals surface area contributed by atoms with Crippen molar-refractivity contribution in [1.29, 1.82) is 0 Å². The number of ether oxygens (including phenoxy) is 2. The molecule has 2 aromatic rings. The van der Waals surface area contributed by atoms with Gasteiger partial charge in [0.25, 0.3) is 0 Å². The van der Waals surface area contributed by atoms with Crippen LogP contribution in [0.1, 0.15) is 40.7 Å². The highest BCUT2D eigenvalue weighted by Gasteiger charge is 2.49. The van der Waals surface area contributed by atoms with E-state index in [1.54, 1.807) is 25.4 Å². The molecule has 28 heavy (non-hydrogen) atoms. The highest BCUT2D eigenvalue weighted by Crippen LogP contribution is 2.48. The van der Waals surface area contributed by atoms with Crippen molar-refractivity contribution in [2.24, 2.45) is 0 Å². The van der Waals surface area contributed by atoms with Crippen LogP contribution in [0.5, 0.6) is 5.75 Å². The second-order valence-corrected chi connectivity index (χ2v) is 7.80. The molecule has 4 rings (SSSR count). The average molecular weight is 378 g/mol. The van der Waals surface area contributed by atoms with Crippen LogP contribution in [0.15, 0.2) is 54.6 Å². The van der Waals surface area contributed by atoms with Gasteiger partial charge in [0, 0.05) is 30.3 Å². The third-order valence-corrected chi connectivity index (χ3v) is 6.26. The molecule has 0 amide bonds. The lowest BCUT2D eigenvalue weighted by Crippen LogP contribution is -2.43. The lowest BCUT2D eigenvalue weighted by Gasteiger charge is -2.40. The monoisotopic (exact) mass is 378 g/mol. The summed E-state index contributed by atoms with van der Waals surface area (Å²) < 4.78 is 11.1. The topological polar surface area (TPSA) is 51.7 Å². The minimum atomic E-state index is -0.340. The van der Waals surface area contributed by atoms with Crippen LogP contribution in [-0.4, -0.2) is 42.6 Å².